The van der Waals surface area contributed by atoms with Crippen LogP contribution < -0.4 is 9.64 Å². The van der Waals surface area contributed by atoms with E-state index < -0.39 is 0 Å². The van der Waals surface area contributed by atoms with Crippen molar-refractivity contribution in [1.29, 1.82) is 5.26 Å². The highest BCUT2D eigenvalue weighted by Crippen LogP contribution is 2.50. The maximum Gasteiger partial charge on any atom is 0.151 e. The van der Waals surface area contributed by atoms with Gasteiger partial charge in [0.25, 0.3) is 0 Å². The maximum atomic E-state index is 9.21. The Labute approximate surface area is 198 Å². The third-order valence-electron chi connectivity index (χ3n) is 5.94. The number of aromatic nitrogens is 1. The molecule has 0 saturated heterocycles. The van der Waals surface area contributed by atoms with Crippen molar-refractivity contribution in [3.63, 3.8) is 0 Å². The van der Waals surface area contributed by atoms with Gasteiger partial charge in [-0.3, -0.25) is 0 Å². The van der Waals surface area contributed by atoms with Crippen molar-refractivity contribution in [2.24, 2.45) is 0 Å². The van der Waals surface area contributed by atoms with Crippen LogP contribution in [0.3, 0.4) is 0 Å². The molecule has 0 unspecified atom stereocenters. The van der Waals surface area contributed by atoms with Crippen molar-refractivity contribution in [3.05, 3.63) is 121 Å². The monoisotopic (exact) mass is 437 g/mol. The molecule has 0 amide bonds. The van der Waals surface area contributed by atoms with Gasteiger partial charge in [0.1, 0.15) is 11.8 Å². The lowest BCUT2D eigenvalue weighted by Crippen LogP contribution is -2.15. The van der Waals surface area contributed by atoms with E-state index in [0.717, 1.165) is 50.8 Å². The summed E-state index contributed by atoms with van der Waals surface area (Å²) in [4.78, 5) is 6.33. The molecule has 1 aromatic heterocycles. The summed E-state index contributed by atoms with van der Waals surface area (Å²) < 4.78 is 6.16. The van der Waals surface area contributed by atoms with E-state index in [9.17, 15) is 5.26 Å². The second kappa shape index (κ2) is 8.23. The fourth-order valence-corrected chi connectivity index (χ4v) is 4.36. The number of anilines is 3. The zero-order valence-corrected chi connectivity index (χ0v) is 18.2. The number of hydrogen-bond acceptors (Lipinski definition) is 4. The Kier molecular flexibility index (Phi) is 4.79. The number of hydrogen-bond donors (Lipinski definition) is 0. The van der Waals surface area contributed by atoms with E-state index >= 15 is 0 Å². The van der Waals surface area contributed by atoms with Crippen molar-refractivity contribution in [2.45, 2.75) is 0 Å². The first-order valence-corrected chi connectivity index (χ1v) is 11.0. The molecule has 6 rings (SSSR count). The fourth-order valence-electron chi connectivity index (χ4n) is 4.36. The van der Waals surface area contributed by atoms with Gasteiger partial charge in [-0.1, -0.05) is 54.6 Å². The van der Waals surface area contributed by atoms with Crippen LogP contribution in [0.1, 0.15) is 5.69 Å². The van der Waals surface area contributed by atoms with E-state index in [2.05, 4.69) is 70.6 Å². The predicted octanol–water partition coefficient (Wildman–Crippen LogP) is 7.86. The van der Waals surface area contributed by atoms with Gasteiger partial charge in [0.15, 0.2) is 11.5 Å². The molecular formula is C30H19N3O. The minimum absolute atomic E-state index is 0.412. The molecule has 0 radical (unpaired) electrons. The van der Waals surface area contributed by atoms with Crippen molar-refractivity contribution in [1.82, 2.24) is 4.98 Å². The smallest absolute Gasteiger partial charge is 0.151 e. The zero-order valence-electron chi connectivity index (χ0n) is 18.2. The first-order valence-electron chi connectivity index (χ1n) is 11.0. The summed E-state index contributed by atoms with van der Waals surface area (Å²) >= 11 is 0. The Morgan fingerprint density at radius 3 is 1.88 bits per heavy atom. The lowest BCUT2D eigenvalue weighted by atomic mass is 9.98. The Balaban J connectivity index is 1.44. The van der Waals surface area contributed by atoms with E-state index in [1.807, 2.05) is 54.6 Å². The van der Waals surface area contributed by atoms with Crippen LogP contribution in [0.4, 0.5) is 17.1 Å². The highest BCUT2D eigenvalue weighted by atomic mass is 16.5. The summed E-state index contributed by atoms with van der Waals surface area (Å²) in [7, 11) is 0. The van der Waals surface area contributed by atoms with E-state index in [1.165, 1.54) is 0 Å². The highest BCUT2D eigenvalue weighted by Gasteiger charge is 2.25. The lowest BCUT2D eigenvalue weighted by Gasteiger charge is -2.33. The molecule has 4 aromatic carbocycles. The summed E-state index contributed by atoms with van der Waals surface area (Å²) in [6, 6.07) is 38.9. The predicted molar refractivity (Wildman–Crippen MR) is 135 cm³/mol. The van der Waals surface area contributed by atoms with Crippen LogP contribution in [0.5, 0.6) is 11.5 Å². The van der Waals surface area contributed by atoms with E-state index in [4.69, 9.17) is 4.74 Å². The average Bonchev–Trinajstić information content (AvgIpc) is 2.92. The molecule has 0 saturated carbocycles. The number of rotatable bonds is 3. The van der Waals surface area contributed by atoms with E-state index in [0.29, 0.717) is 5.69 Å². The molecule has 0 spiro atoms. The Morgan fingerprint density at radius 2 is 1.21 bits per heavy atom. The number of benzene rings is 4. The molecule has 0 fully saturated rings. The van der Waals surface area contributed by atoms with Gasteiger partial charge in [0.05, 0.1) is 11.4 Å². The number of nitrogens with zero attached hydrogens (tertiary/aromatic N) is 3. The molecule has 0 atom stereocenters. The lowest BCUT2D eigenvalue weighted by molar-refractivity contribution is 0.477. The maximum absolute atomic E-state index is 9.21. The summed E-state index contributed by atoms with van der Waals surface area (Å²) in [5.41, 5.74) is 7.71. The summed E-state index contributed by atoms with van der Waals surface area (Å²) in [6.07, 6.45) is 1.68. The van der Waals surface area contributed by atoms with Crippen molar-refractivity contribution in [3.8, 4) is 39.8 Å². The van der Waals surface area contributed by atoms with Gasteiger partial charge in [-0.2, -0.15) is 5.26 Å². The molecule has 1 aliphatic heterocycles. The van der Waals surface area contributed by atoms with Gasteiger partial charge in [0.2, 0.25) is 0 Å². The summed E-state index contributed by atoms with van der Waals surface area (Å²) in [6.45, 7) is 0. The minimum Gasteiger partial charge on any atom is -0.453 e. The van der Waals surface area contributed by atoms with Gasteiger partial charge >= 0.3 is 0 Å². The molecule has 5 aromatic rings. The Hall–Kier alpha value is -4.88. The van der Waals surface area contributed by atoms with Crippen LogP contribution in [-0.4, -0.2) is 4.98 Å². The molecule has 2 heterocycles. The largest absolute Gasteiger partial charge is 0.453 e. The molecule has 160 valence electrons. The van der Waals surface area contributed by atoms with Gasteiger partial charge in [-0.25, -0.2) is 4.98 Å². The van der Waals surface area contributed by atoms with Gasteiger partial charge in [-0.15, -0.1) is 0 Å². The Bertz CT molecular complexity index is 1520. The SMILES string of the molecule is N#Cc1cc(-c2cccc(-c3cccc(N4c5ccccc5Oc5ccccc54)c3)c2)ccn1. The number of pyridine rings is 1. The number of nitriles is 1. The summed E-state index contributed by atoms with van der Waals surface area (Å²) in [5, 5.41) is 9.21. The highest BCUT2D eigenvalue weighted by molar-refractivity contribution is 5.87. The summed E-state index contributed by atoms with van der Waals surface area (Å²) in [5.74, 6) is 1.67. The number of fused-ring (bicyclic) bond motifs is 2. The molecule has 0 bridgehead atoms. The average molecular weight is 438 g/mol. The quantitative estimate of drug-likeness (QED) is 0.283. The Morgan fingerprint density at radius 1 is 0.618 bits per heavy atom. The van der Waals surface area contributed by atoms with Crippen molar-refractivity contribution in [2.75, 3.05) is 4.90 Å². The van der Waals surface area contributed by atoms with Crippen LogP contribution in [0.15, 0.2) is 115 Å². The third-order valence-corrected chi connectivity index (χ3v) is 5.94. The van der Waals surface area contributed by atoms with Gasteiger partial charge in [0, 0.05) is 11.9 Å². The van der Waals surface area contributed by atoms with Crippen molar-refractivity contribution < 1.29 is 4.74 Å². The first kappa shape index (κ1) is 19.8. The standard InChI is InChI=1S/C30H19N3O/c31-20-25-18-24(15-16-32-25)22-8-5-7-21(17-22)23-9-6-10-26(19-23)33-27-11-1-3-13-29(27)34-30-14-4-2-12-28(30)33/h1-19H. The third kappa shape index (κ3) is 3.46. The fraction of sp³-hybridized carbons (Fsp3) is 0. The van der Waals surface area contributed by atoms with E-state index in [-0.39, 0.29) is 0 Å². The molecule has 0 aliphatic carbocycles. The van der Waals surface area contributed by atoms with Gasteiger partial charge < -0.3 is 9.64 Å². The second-order valence-electron chi connectivity index (χ2n) is 8.05. The molecule has 4 nitrogen and oxygen atoms in total. The molecule has 0 N–H and O–H groups in total. The van der Waals surface area contributed by atoms with Gasteiger partial charge in [-0.05, 0) is 76.9 Å². The zero-order chi connectivity index (χ0) is 22.9. The minimum atomic E-state index is 0.412. The topological polar surface area (TPSA) is 49.2 Å². The normalized spacial score (nSPS) is 11.7. The molecule has 1 aliphatic rings. The molecular weight excluding hydrogens is 418 g/mol. The van der Waals surface area contributed by atoms with Crippen molar-refractivity contribution >= 4 is 17.1 Å². The number of ether oxygens (including phenoxy) is 1. The van der Waals surface area contributed by atoms with Crippen LogP contribution >= 0.6 is 0 Å². The van der Waals surface area contributed by atoms with Crippen LogP contribution in [-0.2, 0) is 0 Å². The molecule has 34 heavy (non-hydrogen) atoms. The first-order chi connectivity index (χ1) is 16.8. The van der Waals surface area contributed by atoms with Crippen LogP contribution in [0.2, 0.25) is 0 Å². The van der Waals surface area contributed by atoms with Crippen LogP contribution in [0, 0.1) is 11.3 Å². The van der Waals surface area contributed by atoms with E-state index in [1.54, 1.807) is 6.20 Å². The second-order valence-corrected chi connectivity index (χ2v) is 8.05. The van der Waals surface area contributed by atoms with Crippen LogP contribution in [0.25, 0.3) is 22.3 Å². The molecule has 4 heteroatoms. The number of para-hydroxylation sites is 4.